The first-order chi connectivity index (χ1) is 11.1. The molecule has 0 atom stereocenters. The van der Waals surface area contributed by atoms with Crippen LogP contribution in [0.15, 0.2) is 21.7 Å². The van der Waals surface area contributed by atoms with E-state index >= 15 is 0 Å². The highest BCUT2D eigenvalue weighted by atomic mass is 79.9. The van der Waals surface area contributed by atoms with E-state index in [1.807, 2.05) is 6.07 Å². The number of anilines is 1. The smallest absolute Gasteiger partial charge is 0.263 e. The maximum absolute atomic E-state index is 5.71. The van der Waals surface area contributed by atoms with E-state index in [1.165, 1.54) is 4.68 Å². The molecule has 1 heterocycles. The molecule has 0 amide bonds. The van der Waals surface area contributed by atoms with E-state index in [0.717, 1.165) is 5.56 Å². The van der Waals surface area contributed by atoms with Gasteiger partial charge in [-0.3, -0.25) is 0 Å². The lowest BCUT2D eigenvalue weighted by atomic mass is 10.2. The second-order valence-corrected chi connectivity index (χ2v) is 5.19. The fraction of sp³-hybridized carbons (Fsp3) is 0.214. The van der Waals surface area contributed by atoms with E-state index in [4.69, 9.17) is 21.7 Å². The molecule has 0 fully saturated rings. The number of aryl methyl sites for hydroxylation is 1. The average Bonchev–Trinajstić information content (AvgIpc) is 2.85. The Labute approximate surface area is 166 Å². The number of nitrogens with two attached hydrogens (primary N) is 1. The molecule has 0 aliphatic carbocycles. The Morgan fingerprint density at radius 1 is 1.44 bits per heavy atom. The predicted octanol–water partition coefficient (Wildman–Crippen LogP) is 2.37. The maximum atomic E-state index is 5.71. The van der Waals surface area contributed by atoms with Crippen LogP contribution in [0.1, 0.15) is 11.4 Å². The lowest BCUT2D eigenvalue weighted by Crippen LogP contribution is -2.13. The first-order valence-corrected chi connectivity index (χ1v) is 7.26. The van der Waals surface area contributed by atoms with Crippen molar-refractivity contribution in [2.24, 2.45) is 5.10 Å². The van der Waals surface area contributed by atoms with Gasteiger partial charge in [0, 0.05) is 0 Å². The molecule has 0 aliphatic heterocycles. The molecule has 0 saturated carbocycles. The predicted molar refractivity (Wildman–Crippen MR) is 106 cm³/mol. The minimum absolute atomic E-state index is 0. The summed E-state index contributed by atoms with van der Waals surface area (Å²) >= 11 is 3.42. The fourth-order valence-electron chi connectivity index (χ4n) is 1.68. The normalized spacial score (nSPS) is 9.68. The first-order valence-electron chi connectivity index (χ1n) is 6.46. The number of nitrogen functional groups attached to an aromatic ring is 1. The highest BCUT2D eigenvalue weighted by Gasteiger charge is 2.11. The van der Waals surface area contributed by atoms with Crippen molar-refractivity contribution in [1.82, 2.24) is 14.9 Å². The zero-order valence-corrected chi connectivity index (χ0v) is 16.6. The summed E-state index contributed by atoms with van der Waals surface area (Å²) in [6.07, 6.45) is 6.78. The van der Waals surface area contributed by atoms with Crippen LogP contribution in [0, 0.1) is 19.3 Å². The molecule has 1 aromatic heterocycles. The highest BCUT2D eigenvalue weighted by molar-refractivity contribution is 9.10. The molecule has 136 valence electrons. The van der Waals surface area contributed by atoms with Crippen molar-refractivity contribution in [3.8, 4) is 23.8 Å². The van der Waals surface area contributed by atoms with Crippen LogP contribution < -0.4 is 20.7 Å². The van der Waals surface area contributed by atoms with E-state index in [-0.39, 0.29) is 31.4 Å². The summed E-state index contributed by atoms with van der Waals surface area (Å²) in [6.45, 7) is 1.88. The molecule has 2 aromatic rings. The molecule has 8 nitrogen and oxygen atoms in total. The molecule has 11 heteroatoms. The Morgan fingerprint density at radius 2 is 2.16 bits per heavy atom. The highest BCUT2D eigenvalue weighted by Crippen LogP contribution is 2.36. The third-order valence-corrected chi connectivity index (χ3v) is 3.39. The summed E-state index contributed by atoms with van der Waals surface area (Å²) < 4.78 is 12.7. The standard InChI is InChI=1S/C14H15BrN6O2.2ClH/c1-4-5-23-13-11(15)6-10(7-12(13)22-3)8-17-19-14-20-18-9(2)21(14)16;;/h1,6-8H,5,16H2,2-3H3,(H,19,20);2*1H. The number of hydrogen-bond donors (Lipinski definition) is 2. The number of ether oxygens (including phenoxy) is 2. The topological polar surface area (TPSA) is 99.6 Å². The third kappa shape index (κ3) is 5.70. The second-order valence-electron chi connectivity index (χ2n) is 4.34. The lowest BCUT2D eigenvalue weighted by molar-refractivity contribution is 0.329. The summed E-state index contributed by atoms with van der Waals surface area (Å²) in [5, 5.41) is 11.7. The molecule has 0 spiro atoms. The number of terminal acetylenes is 1. The fourth-order valence-corrected chi connectivity index (χ4v) is 2.25. The van der Waals surface area contributed by atoms with E-state index in [2.05, 4.69) is 42.6 Å². The van der Waals surface area contributed by atoms with Gasteiger partial charge in [0.15, 0.2) is 17.3 Å². The van der Waals surface area contributed by atoms with Crippen LogP contribution >= 0.6 is 40.7 Å². The molecular weight excluding hydrogens is 435 g/mol. The van der Waals surface area contributed by atoms with Crippen molar-refractivity contribution in [1.29, 1.82) is 0 Å². The quantitative estimate of drug-likeness (QED) is 0.302. The Morgan fingerprint density at radius 3 is 2.72 bits per heavy atom. The van der Waals surface area contributed by atoms with Crippen molar-refractivity contribution < 1.29 is 9.47 Å². The van der Waals surface area contributed by atoms with Crippen LogP contribution in [0.4, 0.5) is 5.95 Å². The monoisotopic (exact) mass is 450 g/mol. The Bertz CT molecular complexity index is 775. The van der Waals surface area contributed by atoms with Crippen molar-refractivity contribution >= 4 is 52.9 Å². The summed E-state index contributed by atoms with van der Waals surface area (Å²) in [4.78, 5) is 0. The number of nitrogens with zero attached hydrogens (tertiary/aromatic N) is 4. The summed E-state index contributed by atoms with van der Waals surface area (Å²) in [5.41, 5.74) is 3.48. The van der Waals surface area contributed by atoms with Crippen molar-refractivity contribution in [3.05, 3.63) is 28.0 Å². The average molecular weight is 452 g/mol. The van der Waals surface area contributed by atoms with Crippen molar-refractivity contribution in [2.45, 2.75) is 6.92 Å². The summed E-state index contributed by atoms with van der Waals surface area (Å²) in [7, 11) is 1.54. The van der Waals surface area contributed by atoms with Crippen LogP contribution in [-0.2, 0) is 0 Å². The van der Waals surface area contributed by atoms with Gasteiger partial charge in [-0.05, 0) is 40.5 Å². The molecule has 0 saturated heterocycles. The number of benzene rings is 1. The van der Waals surface area contributed by atoms with Gasteiger partial charge in [-0.2, -0.15) is 5.10 Å². The second kappa shape index (κ2) is 10.7. The molecule has 0 aliphatic rings. The van der Waals surface area contributed by atoms with Gasteiger partial charge < -0.3 is 15.3 Å². The molecular formula is C14H17BrCl2N6O2. The Kier molecular flexibility index (Phi) is 9.74. The van der Waals surface area contributed by atoms with Crippen LogP contribution in [0.2, 0.25) is 0 Å². The maximum Gasteiger partial charge on any atom is 0.263 e. The van der Waals surface area contributed by atoms with Crippen molar-refractivity contribution in [2.75, 3.05) is 25.0 Å². The van der Waals surface area contributed by atoms with Gasteiger partial charge >= 0.3 is 0 Å². The molecule has 0 bridgehead atoms. The van der Waals surface area contributed by atoms with E-state index in [9.17, 15) is 0 Å². The van der Waals surface area contributed by atoms with Gasteiger partial charge in [-0.1, -0.05) is 5.92 Å². The minimum Gasteiger partial charge on any atom is -0.493 e. The number of hydrazone groups is 1. The Hall–Kier alpha value is -2.15. The minimum atomic E-state index is 0. The largest absolute Gasteiger partial charge is 0.493 e. The van der Waals surface area contributed by atoms with Crippen LogP contribution in [0.5, 0.6) is 11.5 Å². The van der Waals surface area contributed by atoms with Gasteiger partial charge in [-0.15, -0.1) is 41.4 Å². The van der Waals surface area contributed by atoms with Crippen LogP contribution in [0.3, 0.4) is 0 Å². The van der Waals surface area contributed by atoms with Gasteiger partial charge in [0.25, 0.3) is 5.95 Å². The first kappa shape index (κ1) is 22.9. The molecule has 25 heavy (non-hydrogen) atoms. The number of halogens is 3. The SMILES string of the molecule is C#CCOc1c(Br)cc(C=NNc2nnc(C)n2N)cc1OC.Cl.Cl. The van der Waals surface area contributed by atoms with Gasteiger partial charge in [0.05, 0.1) is 17.8 Å². The van der Waals surface area contributed by atoms with Gasteiger partial charge in [-0.25, -0.2) is 10.1 Å². The van der Waals surface area contributed by atoms with E-state index < -0.39 is 0 Å². The zero-order valence-electron chi connectivity index (χ0n) is 13.4. The van der Waals surface area contributed by atoms with Crippen LogP contribution in [0.25, 0.3) is 0 Å². The molecule has 0 unspecified atom stereocenters. The van der Waals surface area contributed by atoms with Gasteiger partial charge in [0.2, 0.25) is 0 Å². The number of nitrogens with one attached hydrogen (secondary N) is 1. The van der Waals surface area contributed by atoms with E-state index in [1.54, 1.807) is 26.3 Å². The van der Waals surface area contributed by atoms with Crippen LogP contribution in [-0.4, -0.2) is 34.8 Å². The summed E-state index contributed by atoms with van der Waals surface area (Å²) in [6, 6.07) is 3.58. The summed E-state index contributed by atoms with van der Waals surface area (Å²) in [5.74, 6) is 10.1. The number of methoxy groups -OCH3 is 1. The number of rotatable bonds is 6. The third-order valence-electron chi connectivity index (χ3n) is 2.80. The van der Waals surface area contributed by atoms with Gasteiger partial charge in [0.1, 0.15) is 6.61 Å². The zero-order chi connectivity index (χ0) is 16.8. The Balaban J connectivity index is 0.00000288. The molecule has 3 N–H and O–H groups in total. The number of aromatic nitrogens is 3. The molecule has 2 rings (SSSR count). The lowest BCUT2D eigenvalue weighted by Gasteiger charge is -2.11. The van der Waals surface area contributed by atoms with Crippen molar-refractivity contribution in [3.63, 3.8) is 0 Å². The number of hydrogen-bond acceptors (Lipinski definition) is 7. The molecule has 1 aromatic carbocycles. The molecule has 0 radical (unpaired) electrons. The van der Waals surface area contributed by atoms with E-state index in [0.29, 0.717) is 27.7 Å².